The zero-order chi connectivity index (χ0) is 11.9. The molecule has 2 nitrogen and oxygen atoms in total. The minimum absolute atomic E-state index is 0.258. The molecule has 1 atom stereocenters. The highest BCUT2D eigenvalue weighted by Crippen LogP contribution is 2.30. The third-order valence-corrected chi connectivity index (χ3v) is 2.94. The summed E-state index contributed by atoms with van der Waals surface area (Å²) < 4.78 is 6.80. The highest BCUT2D eigenvalue weighted by Gasteiger charge is 2.24. The first-order chi connectivity index (χ1) is 6.91. The molecular weight excluding hydrogens is 210 g/mol. The molecular formula is C12H24ClNO. The average molecular weight is 234 g/mol. The lowest BCUT2D eigenvalue weighted by atomic mass is 9.79. The van der Waals surface area contributed by atoms with Crippen molar-refractivity contribution in [2.75, 3.05) is 26.8 Å². The second-order valence-electron chi connectivity index (χ2n) is 4.95. The predicted octanol–water partition coefficient (Wildman–Crippen LogP) is 3.33. The second kappa shape index (κ2) is 7.26. The zero-order valence-corrected chi connectivity index (χ0v) is 11.2. The fraction of sp³-hybridized carbons (Fsp3) is 0.833. The van der Waals surface area contributed by atoms with Crippen LogP contribution in [0.3, 0.4) is 0 Å². The van der Waals surface area contributed by atoms with E-state index in [1.54, 1.807) is 7.11 Å². The number of halogens is 1. The molecule has 0 bridgehead atoms. The summed E-state index contributed by atoms with van der Waals surface area (Å²) in [6, 6.07) is 0. The van der Waals surface area contributed by atoms with Crippen molar-refractivity contribution in [1.29, 1.82) is 0 Å². The zero-order valence-electron chi connectivity index (χ0n) is 10.4. The topological polar surface area (TPSA) is 12.5 Å². The second-order valence-corrected chi connectivity index (χ2v) is 5.43. The first-order valence-electron chi connectivity index (χ1n) is 5.42. The van der Waals surface area contributed by atoms with E-state index in [1.165, 1.54) is 0 Å². The summed E-state index contributed by atoms with van der Waals surface area (Å²) in [4.78, 5) is 0. The first kappa shape index (κ1) is 14.9. The van der Waals surface area contributed by atoms with Crippen LogP contribution < -0.4 is 0 Å². The van der Waals surface area contributed by atoms with Gasteiger partial charge in [0.15, 0.2) is 0 Å². The van der Waals surface area contributed by atoms with Crippen molar-refractivity contribution in [3.63, 3.8) is 0 Å². The molecule has 0 saturated carbocycles. The Kier molecular flexibility index (Phi) is 7.24. The lowest BCUT2D eigenvalue weighted by molar-refractivity contribution is 0.154. The Labute approximate surface area is 99.4 Å². The van der Waals surface area contributed by atoms with Crippen LogP contribution in [0.15, 0.2) is 12.7 Å². The van der Waals surface area contributed by atoms with Crippen LogP contribution in [-0.4, -0.2) is 31.2 Å². The van der Waals surface area contributed by atoms with Crippen molar-refractivity contribution < 1.29 is 4.74 Å². The van der Waals surface area contributed by atoms with Gasteiger partial charge in [-0.05, 0) is 29.5 Å². The number of hydrogen-bond donors (Lipinski definition) is 0. The van der Waals surface area contributed by atoms with E-state index in [1.807, 2.05) is 10.5 Å². The Balaban J connectivity index is 4.10. The molecule has 90 valence electrons. The SMILES string of the molecule is C=CCC(CN(Cl)CCOC)C(C)(C)C. The summed E-state index contributed by atoms with van der Waals surface area (Å²) in [6.07, 6.45) is 2.97. The van der Waals surface area contributed by atoms with Gasteiger partial charge in [0.2, 0.25) is 0 Å². The van der Waals surface area contributed by atoms with E-state index in [-0.39, 0.29) is 5.41 Å². The molecule has 0 aromatic rings. The van der Waals surface area contributed by atoms with Gasteiger partial charge in [-0.3, -0.25) is 0 Å². The Morgan fingerprint density at radius 1 is 1.47 bits per heavy atom. The lowest BCUT2D eigenvalue weighted by Crippen LogP contribution is -2.32. The van der Waals surface area contributed by atoms with Gasteiger partial charge in [0.1, 0.15) is 0 Å². The molecule has 0 aliphatic carbocycles. The molecule has 0 aromatic heterocycles. The maximum absolute atomic E-state index is 6.12. The Hall–Kier alpha value is -0.0500. The summed E-state index contributed by atoms with van der Waals surface area (Å²) in [7, 11) is 1.69. The number of allylic oxidation sites excluding steroid dienone is 1. The number of ether oxygens (including phenoxy) is 1. The van der Waals surface area contributed by atoms with Crippen molar-refractivity contribution >= 4 is 11.8 Å². The molecule has 0 rings (SSSR count). The minimum atomic E-state index is 0.258. The van der Waals surface area contributed by atoms with Gasteiger partial charge in [-0.2, -0.15) is 0 Å². The van der Waals surface area contributed by atoms with E-state index in [0.29, 0.717) is 12.5 Å². The average Bonchev–Trinajstić information content (AvgIpc) is 2.12. The van der Waals surface area contributed by atoms with E-state index in [4.69, 9.17) is 16.5 Å². The number of methoxy groups -OCH3 is 1. The van der Waals surface area contributed by atoms with Crippen LogP contribution in [0.1, 0.15) is 27.2 Å². The summed E-state index contributed by atoms with van der Waals surface area (Å²) in [6.45, 7) is 12.8. The van der Waals surface area contributed by atoms with Crippen LogP contribution in [0.2, 0.25) is 0 Å². The smallest absolute Gasteiger partial charge is 0.0602 e. The summed E-state index contributed by atoms with van der Waals surface area (Å²) in [5.74, 6) is 0.532. The van der Waals surface area contributed by atoms with Crippen LogP contribution in [0, 0.1) is 11.3 Å². The van der Waals surface area contributed by atoms with Crippen molar-refractivity contribution in [2.24, 2.45) is 11.3 Å². The molecule has 0 aliphatic rings. The van der Waals surface area contributed by atoms with E-state index in [2.05, 4.69) is 27.4 Å². The van der Waals surface area contributed by atoms with Crippen molar-refractivity contribution in [3.8, 4) is 0 Å². The fourth-order valence-corrected chi connectivity index (χ4v) is 1.66. The lowest BCUT2D eigenvalue weighted by Gasteiger charge is -2.32. The van der Waals surface area contributed by atoms with Gasteiger partial charge in [-0.15, -0.1) is 6.58 Å². The van der Waals surface area contributed by atoms with Crippen LogP contribution in [-0.2, 0) is 4.74 Å². The third kappa shape index (κ3) is 6.93. The molecule has 0 radical (unpaired) electrons. The van der Waals surface area contributed by atoms with Crippen molar-refractivity contribution in [3.05, 3.63) is 12.7 Å². The van der Waals surface area contributed by atoms with Gasteiger partial charge in [0.05, 0.1) is 6.61 Å². The van der Waals surface area contributed by atoms with Gasteiger partial charge in [0, 0.05) is 20.2 Å². The van der Waals surface area contributed by atoms with Crippen molar-refractivity contribution in [2.45, 2.75) is 27.2 Å². The molecule has 0 heterocycles. The van der Waals surface area contributed by atoms with Gasteiger partial charge < -0.3 is 4.74 Å². The Bertz CT molecular complexity index is 177. The van der Waals surface area contributed by atoms with Crippen LogP contribution in [0.4, 0.5) is 0 Å². The fourth-order valence-electron chi connectivity index (χ4n) is 1.42. The van der Waals surface area contributed by atoms with Crippen LogP contribution in [0.5, 0.6) is 0 Å². The monoisotopic (exact) mass is 233 g/mol. The number of nitrogens with zero attached hydrogens (tertiary/aromatic N) is 1. The molecule has 3 heteroatoms. The minimum Gasteiger partial charge on any atom is -0.383 e. The standard InChI is InChI=1S/C12H24ClNO/c1-6-7-11(12(2,3)4)10-14(13)8-9-15-5/h6,11H,1,7-10H2,2-5H3. The van der Waals surface area contributed by atoms with Gasteiger partial charge in [-0.25, -0.2) is 4.42 Å². The molecule has 0 aromatic carbocycles. The molecule has 0 amide bonds. The van der Waals surface area contributed by atoms with Gasteiger partial charge >= 0.3 is 0 Å². The number of hydrogen-bond acceptors (Lipinski definition) is 2. The largest absolute Gasteiger partial charge is 0.383 e. The highest BCUT2D eigenvalue weighted by molar-refractivity contribution is 6.13. The van der Waals surface area contributed by atoms with Crippen LogP contribution >= 0.6 is 11.8 Å². The Morgan fingerprint density at radius 3 is 2.47 bits per heavy atom. The quantitative estimate of drug-likeness (QED) is 0.494. The molecule has 0 saturated heterocycles. The molecule has 0 N–H and O–H groups in total. The molecule has 15 heavy (non-hydrogen) atoms. The highest BCUT2D eigenvalue weighted by atomic mass is 35.5. The molecule has 0 fully saturated rings. The summed E-state index contributed by atoms with van der Waals surface area (Å²) in [5, 5.41) is 0. The van der Waals surface area contributed by atoms with Crippen molar-refractivity contribution in [1.82, 2.24) is 4.42 Å². The van der Waals surface area contributed by atoms with E-state index in [9.17, 15) is 0 Å². The van der Waals surface area contributed by atoms with E-state index < -0.39 is 0 Å². The van der Waals surface area contributed by atoms with Gasteiger partial charge in [0.25, 0.3) is 0 Å². The molecule has 0 aliphatic heterocycles. The summed E-state index contributed by atoms with van der Waals surface area (Å²) >= 11 is 6.12. The normalized spacial score (nSPS) is 14.3. The number of rotatable bonds is 7. The predicted molar refractivity (Wildman–Crippen MR) is 67.1 cm³/mol. The maximum atomic E-state index is 6.12. The van der Waals surface area contributed by atoms with Gasteiger partial charge in [-0.1, -0.05) is 26.8 Å². The summed E-state index contributed by atoms with van der Waals surface area (Å²) in [5.41, 5.74) is 0.258. The molecule has 0 spiro atoms. The maximum Gasteiger partial charge on any atom is 0.0602 e. The van der Waals surface area contributed by atoms with E-state index >= 15 is 0 Å². The van der Waals surface area contributed by atoms with E-state index in [0.717, 1.165) is 19.5 Å². The molecule has 1 unspecified atom stereocenters. The first-order valence-corrected chi connectivity index (χ1v) is 5.76. The Morgan fingerprint density at radius 2 is 2.07 bits per heavy atom. The third-order valence-electron chi connectivity index (χ3n) is 2.63. The van der Waals surface area contributed by atoms with Crippen LogP contribution in [0.25, 0.3) is 0 Å².